The second-order valence-electron chi connectivity index (χ2n) is 4.04. The Labute approximate surface area is 98.5 Å². The first-order valence-electron chi connectivity index (χ1n) is 5.96. The fourth-order valence-corrected chi connectivity index (χ4v) is 1.57. The maximum absolute atomic E-state index is 8.89. The first kappa shape index (κ1) is 14.9. The van der Waals surface area contributed by atoms with Crippen molar-refractivity contribution < 1.29 is 14.8 Å². The van der Waals surface area contributed by atoms with E-state index in [2.05, 4.69) is 32.2 Å². The lowest BCUT2D eigenvalue weighted by Crippen LogP contribution is -3.04. The molecule has 1 aliphatic heterocycles. The van der Waals surface area contributed by atoms with Crippen LogP contribution in [0.5, 0.6) is 0 Å². The Morgan fingerprint density at radius 1 is 1.38 bits per heavy atom. The average Bonchev–Trinajstić information content (AvgIpc) is 2.58. The van der Waals surface area contributed by atoms with Gasteiger partial charge >= 0.3 is 0 Å². The Bertz CT molecular complexity index is 253. The number of rotatable bonds is 5. The number of hydrogen-bond acceptors (Lipinski definition) is 2. The van der Waals surface area contributed by atoms with E-state index >= 15 is 0 Å². The molecule has 0 aromatic rings. The molecule has 0 saturated heterocycles. The van der Waals surface area contributed by atoms with Gasteiger partial charge in [-0.2, -0.15) is 0 Å². The van der Waals surface area contributed by atoms with Crippen molar-refractivity contribution in [2.45, 2.75) is 46.5 Å². The van der Waals surface area contributed by atoms with Crippen LogP contribution in [0.3, 0.4) is 0 Å². The number of carboxylic acids is 1. The van der Waals surface area contributed by atoms with E-state index in [1.54, 1.807) is 4.90 Å². The quantitative estimate of drug-likeness (QED) is 0.698. The molecule has 0 aliphatic carbocycles. The van der Waals surface area contributed by atoms with Gasteiger partial charge in [0.2, 0.25) is 0 Å². The third-order valence-electron chi connectivity index (χ3n) is 2.45. The zero-order valence-electron chi connectivity index (χ0n) is 10.6. The molecule has 16 heavy (non-hydrogen) atoms. The van der Waals surface area contributed by atoms with Gasteiger partial charge < -0.3 is 9.90 Å². The highest BCUT2D eigenvalue weighted by molar-refractivity contribution is 5.60. The van der Waals surface area contributed by atoms with E-state index in [1.807, 2.05) is 0 Å². The van der Waals surface area contributed by atoms with Crippen molar-refractivity contribution in [2.24, 2.45) is 0 Å². The normalized spacial score (nSPS) is 17.7. The number of nitrogens with one attached hydrogen (secondary N) is 1. The van der Waals surface area contributed by atoms with Crippen LogP contribution < -0.4 is 10.0 Å². The Morgan fingerprint density at radius 2 is 2.00 bits per heavy atom. The highest BCUT2D eigenvalue weighted by atomic mass is 16.4. The third-order valence-corrected chi connectivity index (χ3v) is 2.45. The van der Waals surface area contributed by atoms with Crippen molar-refractivity contribution in [1.82, 2.24) is 0 Å². The van der Waals surface area contributed by atoms with Crippen LogP contribution in [0.1, 0.15) is 46.5 Å². The third kappa shape index (κ3) is 8.24. The second kappa shape index (κ2) is 9.16. The van der Waals surface area contributed by atoms with Gasteiger partial charge in [-0.15, -0.1) is 0 Å². The number of carboxylic acid groups (broad SMARTS) is 1. The lowest BCUT2D eigenvalue weighted by atomic mass is 10.2. The summed E-state index contributed by atoms with van der Waals surface area (Å²) in [6.45, 7) is 6.71. The number of aliphatic carboxylic acids is 1. The van der Waals surface area contributed by atoms with Crippen molar-refractivity contribution in [2.75, 3.05) is 6.54 Å². The van der Waals surface area contributed by atoms with Gasteiger partial charge in [0, 0.05) is 12.9 Å². The summed E-state index contributed by atoms with van der Waals surface area (Å²) in [6, 6.07) is 0. The van der Waals surface area contributed by atoms with Crippen molar-refractivity contribution in [1.29, 1.82) is 0 Å². The smallest absolute Gasteiger partial charge is 0.109 e. The van der Waals surface area contributed by atoms with Crippen molar-refractivity contribution in [3.8, 4) is 0 Å². The molecular formula is C13H23NO2. The summed E-state index contributed by atoms with van der Waals surface area (Å²) in [6.07, 6.45) is 12.1. The van der Waals surface area contributed by atoms with E-state index < -0.39 is 5.97 Å². The van der Waals surface area contributed by atoms with E-state index in [-0.39, 0.29) is 0 Å². The SMILES string of the molecule is CC(=O)[O-].CCCCCC[NH+]1C=CC=C1C. The first-order chi connectivity index (χ1) is 7.57. The zero-order valence-corrected chi connectivity index (χ0v) is 10.6. The molecule has 0 aromatic carbocycles. The minimum absolute atomic E-state index is 0.972. The summed E-state index contributed by atoms with van der Waals surface area (Å²) < 4.78 is 0. The molecule has 0 radical (unpaired) electrons. The van der Waals surface area contributed by atoms with Crippen LogP contribution in [-0.2, 0) is 4.79 Å². The Hall–Kier alpha value is -1.09. The molecule has 0 aromatic heterocycles. The van der Waals surface area contributed by atoms with Gasteiger partial charge in [-0.1, -0.05) is 19.8 Å². The number of hydrogen-bond donors (Lipinski definition) is 1. The standard InChI is InChI=1S/C11H19N.C2H4O2/c1-3-4-5-6-9-12-10-7-8-11(12)2;1-2(3)4/h7-8,10H,3-6,9H2,1-2H3;1H3,(H,3,4). The van der Waals surface area contributed by atoms with E-state index in [0.717, 1.165) is 6.92 Å². The number of quaternary nitrogens is 1. The van der Waals surface area contributed by atoms with Gasteiger partial charge in [0.05, 0.1) is 12.7 Å². The van der Waals surface area contributed by atoms with E-state index in [1.165, 1.54) is 37.9 Å². The number of allylic oxidation sites excluding steroid dienone is 3. The molecule has 1 N–H and O–H groups in total. The lowest BCUT2D eigenvalue weighted by Gasteiger charge is -2.10. The fraction of sp³-hybridized carbons (Fsp3) is 0.615. The molecule has 1 atom stereocenters. The van der Waals surface area contributed by atoms with Gasteiger partial charge in [0.15, 0.2) is 0 Å². The zero-order chi connectivity index (χ0) is 12.4. The van der Waals surface area contributed by atoms with Crippen LogP contribution >= 0.6 is 0 Å². The minimum Gasteiger partial charge on any atom is -0.550 e. The molecule has 0 bridgehead atoms. The molecule has 92 valence electrons. The van der Waals surface area contributed by atoms with Gasteiger partial charge in [-0.05, 0) is 31.9 Å². The topological polar surface area (TPSA) is 44.6 Å². The maximum atomic E-state index is 8.89. The molecular weight excluding hydrogens is 202 g/mol. The summed E-state index contributed by atoms with van der Waals surface area (Å²) in [5.74, 6) is -1.08. The lowest BCUT2D eigenvalue weighted by molar-refractivity contribution is -0.802. The van der Waals surface area contributed by atoms with Crippen molar-refractivity contribution >= 4 is 5.97 Å². The predicted octanol–water partition coefficient (Wildman–Crippen LogP) is 0.639. The Kier molecular flexibility index (Phi) is 8.53. The van der Waals surface area contributed by atoms with Crippen molar-refractivity contribution in [3.05, 3.63) is 24.0 Å². The molecule has 3 nitrogen and oxygen atoms in total. The van der Waals surface area contributed by atoms with Crippen molar-refractivity contribution in [3.63, 3.8) is 0 Å². The monoisotopic (exact) mass is 225 g/mol. The Balaban J connectivity index is 0.000000487. The van der Waals surface area contributed by atoms with Crippen LogP contribution in [0.2, 0.25) is 0 Å². The molecule has 1 rings (SSSR count). The maximum Gasteiger partial charge on any atom is 0.109 e. The summed E-state index contributed by atoms with van der Waals surface area (Å²) in [5, 5.41) is 8.89. The van der Waals surface area contributed by atoms with Gasteiger partial charge in [0.1, 0.15) is 5.70 Å². The molecule has 1 aliphatic rings. The first-order valence-corrected chi connectivity index (χ1v) is 5.96. The number of carbonyl (C=O) groups is 1. The highest BCUT2D eigenvalue weighted by Gasteiger charge is 2.10. The minimum atomic E-state index is -1.08. The highest BCUT2D eigenvalue weighted by Crippen LogP contribution is 1.97. The fourth-order valence-electron chi connectivity index (χ4n) is 1.57. The van der Waals surface area contributed by atoms with Crippen LogP contribution in [0.4, 0.5) is 0 Å². The van der Waals surface area contributed by atoms with Crippen LogP contribution in [0.25, 0.3) is 0 Å². The van der Waals surface area contributed by atoms with Gasteiger partial charge in [0.25, 0.3) is 0 Å². The van der Waals surface area contributed by atoms with Crippen LogP contribution in [-0.4, -0.2) is 12.5 Å². The summed E-state index contributed by atoms with van der Waals surface area (Å²) in [5.41, 5.74) is 1.46. The summed E-state index contributed by atoms with van der Waals surface area (Å²) >= 11 is 0. The predicted molar refractivity (Wildman–Crippen MR) is 63.5 cm³/mol. The van der Waals surface area contributed by atoms with E-state index in [0.29, 0.717) is 0 Å². The van der Waals surface area contributed by atoms with Gasteiger partial charge in [-0.3, -0.25) is 4.90 Å². The second-order valence-corrected chi connectivity index (χ2v) is 4.04. The molecule has 3 heteroatoms. The molecule has 0 amide bonds. The molecule has 0 saturated carbocycles. The Morgan fingerprint density at radius 3 is 2.44 bits per heavy atom. The van der Waals surface area contributed by atoms with Gasteiger partial charge in [-0.25, -0.2) is 0 Å². The number of unbranched alkanes of at least 4 members (excludes halogenated alkanes) is 3. The molecule has 0 fully saturated rings. The van der Waals surface area contributed by atoms with E-state index in [4.69, 9.17) is 9.90 Å². The molecule has 0 spiro atoms. The summed E-state index contributed by atoms with van der Waals surface area (Å²) in [7, 11) is 0. The molecule has 1 unspecified atom stereocenters. The van der Waals surface area contributed by atoms with Crippen LogP contribution in [0, 0.1) is 0 Å². The van der Waals surface area contributed by atoms with E-state index in [9.17, 15) is 0 Å². The largest absolute Gasteiger partial charge is 0.550 e. The number of carbonyl (C=O) groups excluding carboxylic acids is 1. The van der Waals surface area contributed by atoms with Crippen LogP contribution in [0.15, 0.2) is 24.0 Å². The molecule has 1 heterocycles. The average molecular weight is 225 g/mol. The summed E-state index contributed by atoms with van der Waals surface area (Å²) in [4.78, 5) is 10.4.